The molecular weight excluding hydrogens is 442 g/mol. The lowest BCUT2D eigenvalue weighted by Crippen LogP contribution is -3.00. The molecule has 1 aromatic carbocycles. The quantitative estimate of drug-likeness (QED) is 0.541. The van der Waals surface area contributed by atoms with E-state index in [4.69, 9.17) is 0 Å². The molecule has 0 aliphatic carbocycles. The number of rotatable bonds is 1. The molecule has 0 amide bonds. The minimum Gasteiger partial charge on any atom is -1.00 e. The molecule has 14 heavy (non-hydrogen) atoms. The van der Waals surface area contributed by atoms with E-state index in [2.05, 4.69) is 45.4 Å². The van der Waals surface area contributed by atoms with Crippen LogP contribution in [-0.2, 0) is 0 Å². The smallest absolute Gasteiger partial charge is 0.132 e. The normalized spacial score (nSPS) is 8.21. The van der Waals surface area contributed by atoms with Crippen LogP contribution >= 0.6 is 50.9 Å². The van der Waals surface area contributed by atoms with Crippen molar-refractivity contribution >= 4 is 56.6 Å². The molecule has 1 aromatic rings. The van der Waals surface area contributed by atoms with Crippen molar-refractivity contribution in [3.05, 3.63) is 30.3 Å². The Morgan fingerprint density at radius 1 is 0.786 bits per heavy atom. The number of halogens is 4. The molecule has 0 aromatic heterocycles. The number of benzene rings is 1. The molecule has 0 N–H and O–H groups in total. The van der Waals surface area contributed by atoms with Crippen molar-refractivity contribution in [2.45, 2.75) is 0 Å². The van der Waals surface area contributed by atoms with Gasteiger partial charge >= 0.3 is 0 Å². The Hall–Kier alpha value is 1.10. The van der Waals surface area contributed by atoms with Crippen molar-refractivity contribution in [1.29, 1.82) is 0 Å². The van der Waals surface area contributed by atoms with E-state index in [-0.39, 0.29) is 67.9 Å². The summed E-state index contributed by atoms with van der Waals surface area (Å²) in [7, 11) is 6.49. The molecule has 1 nitrogen and oxygen atoms in total. The number of hydrogen-bond donors (Lipinski definition) is 0. The summed E-state index contributed by atoms with van der Waals surface area (Å²) >= 11 is 0. The molecule has 1 rings (SSSR count). The maximum absolute atomic E-state index is 2.16. The van der Waals surface area contributed by atoms with Crippen molar-refractivity contribution in [1.82, 2.24) is 4.48 Å². The minimum absolute atomic E-state index is 0. The fourth-order valence-electron chi connectivity index (χ4n) is 0.875. The molecule has 0 fully saturated rings. The second kappa shape index (κ2) is 10.6. The maximum atomic E-state index is 2.16. The van der Waals surface area contributed by atoms with E-state index in [1.807, 2.05) is 6.07 Å². The fourth-order valence-corrected chi connectivity index (χ4v) is 0.875. The van der Waals surface area contributed by atoms with Crippen molar-refractivity contribution in [2.24, 2.45) is 0 Å². The van der Waals surface area contributed by atoms with Crippen LogP contribution in [0.5, 0.6) is 0 Å². The van der Waals surface area contributed by atoms with Gasteiger partial charge in [-0.15, -0.1) is 50.9 Å². The van der Waals surface area contributed by atoms with Gasteiger partial charge in [-0.2, -0.15) is 0 Å². The third kappa shape index (κ3) is 8.41. The van der Waals surface area contributed by atoms with Gasteiger partial charge in [0.15, 0.2) is 0 Å². The monoisotopic (exact) mass is 455 g/mol. The van der Waals surface area contributed by atoms with Gasteiger partial charge in [0.1, 0.15) is 5.69 Å². The van der Waals surface area contributed by atoms with E-state index in [1.54, 1.807) is 0 Å². The predicted octanol–water partition coefficient (Wildman–Crippen LogP) is 0.621. The Bertz CT molecular complexity index is 208. The molecule has 0 spiro atoms. The summed E-state index contributed by atoms with van der Waals surface area (Å²) in [5.41, 5.74) is 1.34. The second-order valence-corrected chi connectivity index (χ2v) is 3.35. The average molecular weight is 459 g/mol. The van der Waals surface area contributed by atoms with Crippen LogP contribution in [0.4, 0.5) is 5.69 Å². The van der Waals surface area contributed by atoms with Crippen LogP contribution < -0.4 is 21.5 Å². The summed E-state index contributed by atoms with van der Waals surface area (Å²) in [4.78, 5) is 0. The summed E-state index contributed by atoms with van der Waals surface area (Å²) in [6, 6.07) is 10.5. The first-order valence-corrected chi connectivity index (χ1v) is 3.48. The van der Waals surface area contributed by atoms with Gasteiger partial charge < -0.3 is 17.0 Å². The second-order valence-electron chi connectivity index (χ2n) is 3.35. The maximum Gasteiger partial charge on any atom is 0.132 e. The highest BCUT2D eigenvalue weighted by Gasteiger charge is 2.08. The van der Waals surface area contributed by atoms with Gasteiger partial charge in [0.25, 0.3) is 0 Å². The summed E-state index contributed by atoms with van der Waals surface area (Å²) in [6.45, 7) is 0. The van der Waals surface area contributed by atoms with E-state index in [0.29, 0.717) is 0 Å². The van der Waals surface area contributed by atoms with Crippen LogP contribution in [0.3, 0.4) is 0 Å². The van der Waals surface area contributed by atoms with Gasteiger partial charge in [0, 0.05) is 0 Å². The fraction of sp³-hybridized carbons (Fsp3) is 0.333. The number of nitrogens with zero attached hydrogens (tertiary/aromatic N) is 1. The Balaban J connectivity index is -0.000000125. The van der Waals surface area contributed by atoms with Gasteiger partial charge in [0.2, 0.25) is 0 Å². The minimum atomic E-state index is 0. The average Bonchev–Trinajstić information content (AvgIpc) is 1.88. The lowest BCUT2D eigenvalue weighted by Gasteiger charge is -2.22. The van der Waals surface area contributed by atoms with Crippen molar-refractivity contribution in [3.8, 4) is 0 Å². The SMILES string of the molecule is Br.Br.Br.C[N+](C)(C)c1ccccc1.[Br-]. The largest absolute Gasteiger partial charge is 1.00 e. The predicted molar refractivity (Wildman–Crippen MR) is 77.0 cm³/mol. The van der Waals surface area contributed by atoms with E-state index in [1.165, 1.54) is 5.69 Å². The lowest BCUT2D eigenvalue weighted by atomic mass is 10.3. The van der Waals surface area contributed by atoms with Crippen molar-refractivity contribution in [3.63, 3.8) is 0 Å². The van der Waals surface area contributed by atoms with Gasteiger partial charge in [-0.3, -0.25) is 4.48 Å². The third-order valence-electron chi connectivity index (χ3n) is 1.53. The van der Waals surface area contributed by atoms with Crippen molar-refractivity contribution < 1.29 is 17.0 Å². The van der Waals surface area contributed by atoms with Gasteiger partial charge in [-0.05, 0) is 12.1 Å². The van der Waals surface area contributed by atoms with E-state index >= 15 is 0 Å². The van der Waals surface area contributed by atoms with E-state index in [9.17, 15) is 0 Å². The molecule has 0 aliphatic rings. The van der Waals surface area contributed by atoms with E-state index < -0.39 is 0 Å². The molecule has 0 aliphatic heterocycles. The first-order chi connectivity index (χ1) is 4.61. The van der Waals surface area contributed by atoms with Gasteiger partial charge in [0.05, 0.1) is 21.1 Å². The first kappa shape index (κ1) is 24.4. The van der Waals surface area contributed by atoms with Crippen LogP contribution in [0.15, 0.2) is 30.3 Å². The highest BCUT2D eigenvalue weighted by Crippen LogP contribution is 2.14. The molecule has 0 saturated heterocycles. The number of para-hydroxylation sites is 1. The zero-order valence-corrected chi connectivity index (χ0v) is 15.2. The molecule has 0 heterocycles. The highest BCUT2D eigenvalue weighted by molar-refractivity contribution is 8.93. The molecule has 0 bridgehead atoms. The van der Waals surface area contributed by atoms with Gasteiger partial charge in [-0.25, -0.2) is 0 Å². The standard InChI is InChI=1S/C9H14N.4BrH/c1-10(2,3)9-7-5-4-6-8-9;;;;/h4-8H,1-3H3;4*1H/q+1;;;;/p-1. The summed E-state index contributed by atoms with van der Waals surface area (Å²) in [5, 5.41) is 0. The molecule has 0 saturated carbocycles. The van der Waals surface area contributed by atoms with Gasteiger partial charge in [-0.1, -0.05) is 18.2 Å². The zero-order chi connectivity index (χ0) is 7.61. The van der Waals surface area contributed by atoms with Crippen LogP contribution in [0.1, 0.15) is 0 Å². The summed E-state index contributed by atoms with van der Waals surface area (Å²) in [5.74, 6) is 0. The highest BCUT2D eigenvalue weighted by atomic mass is 79.9. The summed E-state index contributed by atoms with van der Waals surface area (Å²) < 4.78 is 0.890. The Labute approximate surface area is 129 Å². The topological polar surface area (TPSA) is 0 Å². The molecular formula is C9H17Br4N. The Morgan fingerprint density at radius 2 is 1.14 bits per heavy atom. The van der Waals surface area contributed by atoms with Crippen molar-refractivity contribution in [2.75, 3.05) is 21.1 Å². The van der Waals surface area contributed by atoms with Crippen LogP contribution in [0.25, 0.3) is 0 Å². The Kier molecular flexibility index (Phi) is 18.5. The lowest BCUT2D eigenvalue weighted by molar-refractivity contribution is -0.00000268. The third-order valence-corrected chi connectivity index (χ3v) is 1.53. The first-order valence-electron chi connectivity index (χ1n) is 3.48. The molecule has 0 unspecified atom stereocenters. The molecule has 0 atom stereocenters. The number of quaternary nitrogens is 1. The van der Waals surface area contributed by atoms with E-state index in [0.717, 1.165) is 4.48 Å². The number of hydrogen-bond acceptors (Lipinski definition) is 0. The van der Waals surface area contributed by atoms with Crippen LogP contribution in [0.2, 0.25) is 0 Å². The zero-order valence-electron chi connectivity index (χ0n) is 8.44. The molecule has 5 heteroatoms. The molecule has 0 radical (unpaired) electrons. The Morgan fingerprint density at radius 3 is 1.36 bits per heavy atom. The van der Waals surface area contributed by atoms with Crippen LogP contribution in [0, 0.1) is 0 Å². The van der Waals surface area contributed by atoms with Crippen LogP contribution in [-0.4, -0.2) is 21.1 Å². The molecule has 86 valence electrons. The summed E-state index contributed by atoms with van der Waals surface area (Å²) in [6.07, 6.45) is 0.